The smallest absolute Gasteiger partial charge is 0.369 e. The van der Waals surface area contributed by atoms with Crippen LogP contribution in [0.4, 0.5) is 26.3 Å². The fourth-order valence-electron chi connectivity index (χ4n) is 4.15. The SMILES string of the molecule is C=C(C)c1cc(CN2CCN(S(C)(=O)=O)CC2)ccc1-c1ccc(C(O)(C(F)(F)F)C(F)(F)F)cc1. The lowest BCUT2D eigenvalue weighted by molar-refractivity contribution is -0.376. The standard InChI is InChI=1S/C24H26F6N2O3S/c1-16(2)21-14-17(15-31-10-12-32(13-11-31)36(3,34)35)4-9-20(21)18-5-7-19(8-6-18)22(33,23(25,26)27)24(28,29)30/h4-9,14,33H,1,10-13,15H2,2-3H3. The van der Waals surface area contributed by atoms with Crippen molar-refractivity contribution in [3.63, 3.8) is 0 Å². The van der Waals surface area contributed by atoms with E-state index in [9.17, 15) is 39.9 Å². The molecule has 1 saturated heterocycles. The Morgan fingerprint density at radius 1 is 0.944 bits per heavy atom. The lowest BCUT2D eigenvalue weighted by Crippen LogP contribution is -2.53. The summed E-state index contributed by atoms with van der Waals surface area (Å²) in [5.74, 6) is 0. The largest absolute Gasteiger partial charge is 0.430 e. The molecule has 12 heteroatoms. The van der Waals surface area contributed by atoms with E-state index >= 15 is 0 Å². The van der Waals surface area contributed by atoms with Crippen LogP contribution in [0.1, 0.15) is 23.6 Å². The van der Waals surface area contributed by atoms with Gasteiger partial charge in [-0.25, -0.2) is 8.42 Å². The van der Waals surface area contributed by atoms with Crippen LogP contribution in [0.15, 0.2) is 49.0 Å². The van der Waals surface area contributed by atoms with Gasteiger partial charge in [-0.2, -0.15) is 30.6 Å². The number of hydrogen-bond donors (Lipinski definition) is 1. The van der Waals surface area contributed by atoms with Crippen LogP contribution in [-0.2, 0) is 22.2 Å². The van der Waals surface area contributed by atoms with Crippen LogP contribution in [0.5, 0.6) is 0 Å². The van der Waals surface area contributed by atoms with Gasteiger partial charge in [0.2, 0.25) is 10.0 Å². The number of benzene rings is 2. The van der Waals surface area contributed by atoms with E-state index in [1.165, 1.54) is 10.6 Å². The fourth-order valence-corrected chi connectivity index (χ4v) is 4.98. The first-order chi connectivity index (χ1) is 16.4. The van der Waals surface area contributed by atoms with E-state index in [0.29, 0.717) is 67.1 Å². The van der Waals surface area contributed by atoms with Gasteiger partial charge in [0.1, 0.15) is 0 Å². The van der Waals surface area contributed by atoms with Gasteiger partial charge >= 0.3 is 12.4 Å². The molecule has 1 fully saturated rings. The molecule has 198 valence electrons. The Hall–Kier alpha value is -2.41. The zero-order chi connectivity index (χ0) is 27.1. The first kappa shape index (κ1) is 28.2. The monoisotopic (exact) mass is 536 g/mol. The summed E-state index contributed by atoms with van der Waals surface area (Å²) in [4.78, 5) is 2.09. The van der Waals surface area contributed by atoms with Gasteiger partial charge in [0.05, 0.1) is 6.26 Å². The number of piperazine rings is 1. The summed E-state index contributed by atoms with van der Waals surface area (Å²) in [6.45, 7) is 8.02. The molecule has 2 aromatic carbocycles. The van der Waals surface area contributed by atoms with E-state index in [4.69, 9.17) is 0 Å². The third-order valence-corrected chi connectivity index (χ3v) is 7.49. The van der Waals surface area contributed by atoms with Crippen LogP contribution >= 0.6 is 0 Å². The minimum atomic E-state index is -5.95. The van der Waals surface area contributed by atoms with Crippen LogP contribution < -0.4 is 0 Å². The van der Waals surface area contributed by atoms with Crippen molar-refractivity contribution in [3.8, 4) is 11.1 Å². The Bertz CT molecular complexity index is 1200. The molecular formula is C24H26F6N2O3S. The molecular weight excluding hydrogens is 510 g/mol. The van der Waals surface area contributed by atoms with E-state index in [-0.39, 0.29) is 0 Å². The van der Waals surface area contributed by atoms with Crippen molar-refractivity contribution in [3.05, 3.63) is 65.7 Å². The summed E-state index contributed by atoms with van der Waals surface area (Å²) in [5.41, 5.74) is -3.20. The fraction of sp³-hybridized carbons (Fsp3) is 0.417. The molecule has 0 saturated carbocycles. The van der Waals surface area contributed by atoms with Gasteiger partial charge in [-0.05, 0) is 35.2 Å². The highest BCUT2D eigenvalue weighted by Crippen LogP contribution is 2.50. The van der Waals surface area contributed by atoms with E-state index in [1.54, 1.807) is 19.1 Å². The molecule has 0 bridgehead atoms. The van der Waals surface area contributed by atoms with Gasteiger partial charge in [-0.3, -0.25) is 4.90 Å². The average Bonchev–Trinajstić information content (AvgIpc) is 2.77. The van der Waals surface area contributed by atoms with Crippen LogP contribution in [0.3, 0.4) is 0 Å². The van der Waals surface area contributed by atoms with Crippen LogP contribution in [0.25, 0.3) is 16.7 Å². The molecule has 0 spiro atoms. The molecule has 0 atom stereocenters. The molecule has 1 heterocycles. The van der Waals surface area contributed by atoms with Crippen molar-refractivity contribution in [2.45, 2.75) is 31.4 Å². The maximum atomic E-state index is 13.2. The first-order valence-corrected chi connectivity index (χ1v) is 12.7. The Morgan fingerprint density at radius 3 is 1.92 bits per heavy atom. The number of nitrogens with zero attached hydrogens (tertiary/aromatic N) is 2. The second kappa shape index (κ2) is 9.81. The molecule has 0 aliphatic carbocycles. The van der Waals surface area contributed by atoms with E-state index in [0.717, 1.165) is 17.7 Å². The molecule has 2 aromatic rings. The van der Waals surface area contributed by atoms with Crippen molar-refractivity contribution >= 4 is 15.6 Å². The number of hydrogen-bond acceptors (Lipinski definition) is 4. The third-order valence-electron chi connectivity index (χ3n) is 6.18. The second-order valence-electron chi connectivity index (χ2n) is 8.88. The van der Waals surface area contributed by atoms with Gasteiger partial charge in [0.15, 0.2) is 0 Å². The topological polar surface area (TPSA) is 60.9 Å². The quantitative estimate of drug-likeness (QED) is 0.541. The molecule has 0 unspecified atom stereocenters. The summed E-state index contributed by atoms with van der Waals surface area (Å²) < 4.78 is 104. The highest BCUT2D eigenvalue weighted by molar-refractivity contribution is 7.88. The molecule has 5 nitrogen and oxygen atoms in total. The summed E-state index contributed by atoms with van der Waals surface area (Å²) in [6, 6.07) is 8.78. The van der Waals surface area contributed by atoms with Crippen LogP contribution in [-0.4, -0.2) is 67.5 Å². The number of allylic oxidation sites excluding steroid dienone is 1. The van der Waals surface area contributed by atoms with Crippen molar-refractivity contribution < 1.29 is 39.9 Å². The molecule has 3 rings (SSSR count). The average molecular weight is 537 g/mol. The molecule has 0 radical (unpaired) electrons. The van der Waals surface area contributed by atoms with Crippen molar-refractivity contribution in [1.29, 1.82) is 0 Å². The normalized spacial score (nSPS) is 16.8. The van der Waals surface area contributed by atoms with Gasteiger partial charge in [-0.1, -0.05) is 48.6 Å². The summed E-state index contributed by atoms with van der Waals surface area (Å²) in [7, 11) is -3.25. The third kappa shape index (κ3) is 5.61. The van der Waals surface area contributed by atoms with Gasteiger partial charge in [-0.15, -0.1) is 0 Å². The Labute approximate surface area is 205 Å². The maximum absolute atomic E-state index is 13.2. The summed E-state index contributed by atoms with van der Waals surface area (Å²) >= 11 is 0. The number of aliphatic hydroxyl groups is 1. The van der Waals surface area contributed by atoms with Crippen LogP contribution in [0, 0.1) is 0 Å². The second-order valence-corrected chi connectivity index (χ2v) is 10.9. The lowest BCUT2D eigenvalue weighted by Gasteiger charge is -2.33. The van der Waals surface area contributed by atoms with E-state index < -0.39 is 33.5 Å². The maximum Gasteiger partial charge on any atom is 0.430 e. The minimum Gasteiger partial charge on any atom is -0.369 e. The molecule has 1 aliphatic rings. The predicted molar refractivity (Wildman–Crippen MR) is 124 cm³/mol. The minimum absolute atomic E-state index is 0.358. The van der Waals surface area contributed by atoms with Crippen molar-refractivity contribution in [2.75, 3.05) is 32.4 Å². The summed E-state index contributed by atoms with van der Waals surface area (Å²) in [5, 5.41) is 9.61. The molecule has 1 aliphatic heterocycles. The molecule has 0 amide bonds. The highest BCUT2D eigenvalue weighted by Gasteiger charge is 2.71. The number of halogens is 6. The first-order valence-electron chi connectivity index (χ1n) is 10.9. The highest BCUT2D eigenvalue weighted by atomic mass is 32.2. The predicted octanol–water partition coefficient (Wildman–Crippen LogP) is 4.78. The number of rotatable bonds is 6. The zero-order valence-electron chi connectivity index (χ0n) is 19.6. The Balaban J connectivity index is 1.87. The zero-order valence-corrected chi connectivity index (χ0v) is 20.4. The van der Waals surface area contributed by atoms with Crippen molar-refractivity contribution in [2.24, 2.45) is 0 Å². The molecule has 1 N–H and O–H groups in total. The van der Waals surface area contributed by atoms with Gasteiger partial charge < -0.3 is 5.11 Å². The number of sulfonamides is 1. The van der Waals surface area contributed by atoms with Crippen molar-refractivity contribution in [1.82, 2.24) is 9.21 Å². The van der Waals surface area contributed by atoms with Gasteiger partial charge in [0.25, 0.3) is 5.60 Å². The summed E-state index contributed by atoms with van der Waals surface area (Å²) in [6.07, 6.45) is -10.7. The van der Waals surface area contributed by atoms with E-state index in [1.807, 2.05) is 6.07 Å². The lowest BCUT2D eigenvalue weighted by atomic mass is 9.89. The Kier molecular flexibility index (Phi) is 7.67. The van der Waals surface area contributed by atoms with E-state index in [2.05, 4.69) is 11.5 Å². The van der Waals surface area contributed by atoms with Crippen LogP contribution in [0.2, 0.25) is 0 Å². The molecule has 36 heavy (non-hydrogen) atoms. The molecule has 0 aromatic heterocycles. The number of alkyl halides is 6. The van der Waals surface area contributed by atoms with Gasteiger partial charge in [0, 0.05) is 38.3 Å². The Morgan fingerprint density at radius 2 is 1.47 bits per heavy atom.